The Morgan fingerprint density at radius 1 is 1.21 bits per heavy atom. The van der Waals surface area contributed by atoms with Crippen LogP contribution in [0.25, 0.3) is 0 Å². The molecule has 1 aromatic heterocycles. The lowest BCUT2D eigenvalue weighted by molar-refractivity contribution is 0.446. The Kier molecular flexibility index (Phi) is 4.65. The van der Waals surface area contributed by atoms with Crippen molar-refractivity contribution in [2.75, 3.05) is 0 Å². The van der Waals surface area contributed by atoms with Crippen molar-refractivity contribution in [1.82, 2.24) is 5.43 Å². The lowest BCUT2D eigenvalue weighted by Crippen LogP contribution is -2.37. The number of rotatable bonds is 6. The molecule has 0 aliphatic rings. The molecule has 3 N–H and O–H groups in total. The molecule has 19 heavy (non-hydrogen) atoms. The summed E-state index contributed by atoms with van der Waals surface area (Å²) >= 11 is 0. The van der Waals surface area contributed by atoms with Gasteiger partial charge in [-0.05, 0) is 42.7 Å². The minimum Gasteiger partial charge on any atom is -0.469 e. The maximum absolute atomic E-state index is 13.1. The largest absolute Gasteiger partial charge is 0.469 e. The molecule has 1 aromatic carbocycles. The van der Waals surface area contributed by atoms with E-state index in [4.69, 9.17) is 10.3 Å². The normalized spacial score (nSPS) is 12.6. The van der Waals surface area contributed by atoms with Gasteiger partial charge in [0.2, 0.25) is 0 Å². The Morgan fingerprint density at radius 3 is 2.53 bits per heavy atom. The molecule has 102 valence electrons. The smallest absolute Gasteiger partial charge is 0.126 e. The molecule has 3 nitrogen and oxygen atoms in total. The minimum absolute atomic E-state index is 0.0636. The zero-order valence-corrected chi connectivity index (χ0v) is 10.4. The number of hydrogen-bond donors (Lipinski definition) is 2. The van der Waals surface area contributed by atoms with Crippen LogP contribution in [-0.2, 0) is 12.8 Å². The van der Waals surface area contributed by atoms with E-state index in [0.717, 1.165) is 24.7 Å². The van der Waals surface area contributed by atoms with Crippen LogP contribution in [0.1, 0.15) is 17.7 Å². The van der Waals surface area contributed by atoms with E-state index in [1.54, 1.807) is 6.26 Å². The van der Waals surface area contributed by atoms with E-state index in [-0.39, 0.29) is 6.04 Å². The van der Waals surface area contributed by atoms with Gasteiger partial charge in [0.05, 0.1) is 6.26 Å². The number of nitrogens with one attached hydrogen (secondary N) is 1. The van der Waals surface area contributed by atoms with Crippen molar-refractivity contribution in [3.05, 3.63) is 59.6 Å². The van der Waals surface area contributed by atoms with Crippen LogP contribution in [0.4, 0.5) is 8.78 Å². The van der Waals surface area contributed by atoms with Gasteiger partial charge in [0.15, 0.2) is 0 Å². The molecule has 0 bridgehead atoms. The molecule has 2 aromatic rings. The van der Waals surface area contributed by atoms with Crippen LogP contribution in [-0.4, -0.2) is 6.04 Å². The van der Waals surface area contributed by atoms with Crippen LogP contribution < -0.4 is 11.3 Å². The molecule has 5 heteroatoms. The van der Waals surface area contributed by atoms with Crippen LogP contribution in [0, 0.1) is 11.6 Å². The molecule has 0 aliphatic carbocycles. The maximum Gasteiger partial charge on any atom is 0.126 e. The average molecular weight is 266 g/mol. The van der Waals surface area contributed by atoms with Gasteiger partial charge in [-0.15, -0.1) is 0 Å². The molecule has 0 radical (unpaired) electrons. The summed E-state index contributed by atoms with van der Waals surface area (Å²) in [6, 6.07) is 7.14. The number of furan rings is 1. The van der Waals surface area contributed by atoms with E-state index in [9.17, 15) is 8.78 Å². The lowest BCUT2D eigenvalue weighted by atomic mass is 10.0. The second-order valence-electron chi connectivity index (χ2n) is 4.46. The highest BCUT2D eigenvalue weighted by atomic mass is 19.1. The van der Waals surface area contributed by atoms with Gasteiger partial charge in [0.1, 0.15) is 17.4 Å². The molecule has 0 saturated heterocycles. The second kappa shape index (κ2) is 6.45. The van der Waals surface area contributed by atoms with Gasteiger partial charge in [-0.3, -0.25) is 11.3 Å². The number of aryl methyl sites for hydroxylation is 1. The Labute approximate surface area is 110 Å². The van der Waals surface area contributed by atoms with Crippen molar-refractivity contribution >= 4 is 0 Å². The zero-order chi connectivity index (χ0) is 13.7. The highest BCUT2D eigenvalue weighted by molar-refractivity contribution is 5.19. The number of nitrogens with two attached hydrogens (primary N) is 1. The third kappa shape index (κ3) is 4.15. The van der Waals surface area contributed by atoms with Gasteiger partial charge in [-0.1, -0.05) is 0 Å². The molecule has 1 atom stereocenters. The molecule has 0 amide bonds. The Hall–Kier alpha value is -1.72. The first-order chi connectivity index (χ1) is 9.17. The fourth-order valence-electron chi connectivity index (χ4n) is 2.03. The summed E-state index contributed by atoms with van der Waals surface area (Å²) in [4.78, 5) is 0. The van der Waals surface area contributed by atoms with E-state index >= 15 is 0 Å². The van der Waals surface area contributed by atoms with E-state index in [2.05, 4.69) is 5.43 Å². The molecular formula is C14H16F2N2O. The zero-order valence-electron chi connectivity index (χ0n) is 10.4. The topological polar surface area (TPSA) is 51.2 Å². The van der Waals surface area contributed by atoms with Gasteiger partial charge in [0.25, 0.3) is 0 Å². The first kappa shape index (κ1) is 13.7. The minimum atomic E-state index is -0.572. The van der Waals surface area contributed by atoms with Crippen molar-refractivity contribution in [1.29, 1.82) is 0 Å². The number of benzene rings is 1. The molecule has 2 rings (SSSR count). The molecule has 0 aliphatic heterocycles. The van der Waals surface area contributed by atoms with Gasteiger partial charge >= 0.3 is 0 Å². The third-order valence-electron chi connectivity index (χ3n) is 2.96. The third-order valence-corrected chi connectivity index (χ3v) is 2.96. The van der Waals surface area contributed by atoms with E-state index in [1.807, 2.05) is 12.1 Å². The van der Waals surface area contributed by atoms with E-state index in [0.29, 0.717) is 12.0 Å². The van der Waals surface area contributed by atoms with Crippen LogP contribution in [0.2, 0.25) is 0 Å². The van der Waals surface area contributed by atoms with Crippen LogP contribution in [0.3, 0.4) is 0 Å². The van der Waals surface area contributed by atoms with Gasteiger partial charge in [0, 0.05) is 18.5 Å². The Bertz CT molecular complexity index is 494. The van der Waals surface area contributed by atoms with Crippen molar-refractivity contribution in [2.24, 2.45) is 5.84 Å². The summed E-state index contributed by atoms with van der Waals surface area (Å²) in [5.74, 6) is 5.19. The first-order valence-corrected chi connectivity index (χ1v) is 6.11. The molecule has 0 fully saturated rings. The quantitative estimate of drug-likeness (QED) is 0.624. The monoisotopic (exact) mass is 266 g/mol. The highest BCUT2D eigenvalue weighted by Gasteiger charge is 2.10. The molecule has 0 saturated carbocycles. The van der Waals surface area contributed by atoms with Gasteiger partial charge in [-0.25, -0.2) is 8.78 Å². The summed E-state index contributed by atoms with van der Waals surface area (Å²) in [6.45, 7) is 0. The summed E-state index contributed by atoms with van der Waals surface area (Å²) < 4.78 is 31.4. The predicted molar refractivity (Wildman–Crippen MR) is 68.2 cm³/mol. The van der Waals surface area contributed by atoms with Gasteiger partial charge in [-0.2, -0.15) is 0 Å². The molecule has 1 heterocycles. The van der Waals surface area contributed by atoms with Crippen molar-refractivity contribution in [2.45, 2.75) is 25.3 Å². The summed E-state index contributed by atoms with van der Waals surface area (Å²) in [7, 11) is 0. The molecular weight excluding hydrogens is 250 g/mol. The number of halogens is 2. The fraction of sp³-hybridized carbons (Fsp3) is 0.286. The van der Waals surface area contributed by atoms with Gasteiger partial charge < -0.3 is 4.42 Å². The fourth-order valence-corrected chi connectivity index (χ4v) is 2.03. The molecule has 1 unspecified atom stereocenters. The SMILES string of the molecule is NNC(CCc1ccco1)Cc1cc(F)cc(F)c1. The van der Waals surface area contributed by atoms with Crippen LogP contribution in [0.15, 0.2) is 41.0 Å². The van der Waals surface area contributed by atoms with Crippen molar-refractivity contribution in [3.8, 4) is 0 Å². The summed E-state index contributed by atoms with van der Waals surface area (Å²) in [5.41, 5.74) is 3.25. The van der Waals surface area contributed by atoms with Crippen molar-refractivity contribution < 1.29 is 13.2 Å². The van der Waals surface area contributed by atoms with Crippen LogP contribution >= 0.6 is 0 Å². The Morgan fingerprint density at radius 2 is 1.95 bits per heavy atom. The Balaban J connectivity index is 1.94. The number of hydrogen-bond acceptors (Lipinski definition) is 3. The summed E-state index contributed by atoms with van der Waals surface area (Å²) in [6.07, 6.45) is 3.52. The predicted octanol–water partition coefficient (Wildman–Crippen LogP) is 2.57. The number of hydrazine groups is 1. The van der Waals surface area contributed by atoms with E-state index < -0.39 is 11.6 Å². The lowest BCUT2D eigenvalue weighted by Gasteiger charge is -2.15. The standard InChI is InChI=1S/C14H16F2N2O/c15-11-6-10(7-12(16)9-11)8-13(18-17)3-4-14-2-1-5-19-14/h1-2,5-7,9,13,18H,3-4,8,17H2. The average Bonchev–Trinajstić information content (AvgIpc) is 2.86. The highest BCUT2D eigenvalue weighted by Crippen LogP contribution is 2.13. The summed E-state index contributed by atoms with van der Waals surface area (Å²) in [5, 5.41) is 0. The maximum atomic E-state index is 13.1. The van der Waals surface area contributed by atoms with E-state index in [1.165, 1.54) is 12.1 Å². The van der Waals surface area contributed by atoms with Crippen molar-refractivity contribution in [3.63, 3.8) is 0 Å². The molecule has 0 spiro atoms. The van der Waals surface area contributed by atoms with Crippen LogP contribution in [0.5, 0.6) is 0 Å². The second-order valence-corrected chi connectivity index (χ2v) is 4.46. The first-order valence-electron chi connectivity index (χ1n) is 6.11.